The number of amides is 1. The van der Waals surface area contributed by atoms with Gasteiger partial charge in [-0.1, -0.05) is 18.0 Å². The fourth-order valence-electron chi connectivity index (χ4n) is 1.45. The van der Waals surface area contributed by atoms with Crippen LogP contribution < -0.4 is 5.32 Å². The summed E-state index contributed by atoms with van der Waals surface area (Å²) < 4.78 is 0. The van der Waals surface area contributed by atoms with E-state index in [1.165, 1.54) is 31.7 Å². The third-order valence-electron chi connectivity index (χ3n) is 2.63. The number of hydrogen-bond donors (Lipinski definition) is 1. The van der Waals surface area contributed by atoms with E-state index in [0.29, 0.717) is 16.8 Å². The van der Waals surface area contributed by atoms with Crippen LogP contribution in [0.1, 0.15) is 29.8 Å². The van der Waals surface area contributed by atoms with E-state index in [4.69, 9.17) is 11.6 Å². The van der Waals surface area contributed by atoms with E-state index in [2.05, 4.69) is 15.3 Å². The van der Waals surface area contributed by atoms with Gasteiger partial charge in [0.2, 0.25) is 0 Å². The predicted octanol–water partition coefficient (Wildman–Crippen LogP) is 1.66. The molecule has 2 rings (SSSR count). The van der Waals surface area contributed by atoms with Crippen LogP contribution in [-0.2, 0) is 0 Å². The Bertz CT molecular complexity index is 348. The van der Waals surface area contributed by atoms with E-state index in [-0.39, 0.29) is 5.91 Å². The maximum Gasteiger partial charge on any atom is 0.271 e. The number of rotatable bonds is 3. The average Bonchev–Trinajstić information content (AvgIpc) is 2.16. The van der Waals surface area contributed by atoms with Crippen LogP contribution in [0.3, 0.4) is 0 Å². The van der Waals surface area contributed by atoms with Gasteiger partial charge in [-0.25, -0.2) is 9.97 Å². The molecule has 4 nitrogen and oxygen atoms in total. The monoisotopic (exact) mass is 225 g/mol. The molecule has 1 saturated carbocycles. The zero-order valence-electron chi connectivity index (χ0n) is 8.24. The van der Waals surface area contributed by atoms with Gasteiger partial charge in [0.1, 0.15) is 10.8 Å². The third kappa shape index (κ3) is 2.65. The Morgan fingerprint density at radius 1 is 1.47 bits per heavy atom. The Morgan fingerprint density at radius 3 is 2.80 bits per heavy atom. The summed E-state index contributed by atoms with van der Waals surface area (Å²) in [4.78, 5) is 19.2. The van der Waals surface area contributed by atoms with Crippen molar-refractivity contribution in [3.8, 4) is 0 Å². The van der Waals surface area contributed by atoms with E-state index < -0.39 is 0 Å². The van der Waals surface area contributed by atoms with Gasteiger partial charge in [0.15, 0.2) is 0 Å². The summed E-state index contributed by atoms with van der Waals surface area (Å²) in [6.45, 7) is 0.739. The Labute approximate surface area is 93.1 Å². The molecule has 0 radical (unpaired) electrons. The highest BCUT2D eigenvalue weighted by Crippen LogP contribution is 2.25. The molecule has 1 aliphatic carbocycles. The molecule has 0 saturated heterocycles. The van der Waals surface area contributed by atoms with Crippen LogP contribution in [0.15, 0.2) is 12.4 Å². The van der Waals surface area contributed by atoms with Gasteiger partial charge in [-0.15, -0.1) is 0 Å². The number of nitrogens with one attached hydrogen (secondary N) is 1. The van der Waals surface area contributed by atoms with Crippen LogP contribution in [0, 0.1) is 5.92 Å². The van der Waals surface area contributed by atoms with Gasteiger partial charge in [0.25, 0.3) is 5.91 Å². The second-order valence-corrected chi connectivity index (χ2v) is 4.12. The van der Waals surface area contributed by atoms with E-state index in [9.17, 15) is 4.79 Å². The number of hydrogen-bond acceptors (Lipinski definition) is 3. The Kier molecular flexibility index (Phi) is 3.16. The van der Waals surface area contributed by atoms with Gasteiger partial charge in [-0.2, -0.15) is 0 Å². The van der Waals surface area contributed by atoms with E-state index in [1.54, 1.807) is 0 Å². The van der Waals surface area contributed by atoms with Gasteiger partial charge >= 0.3 is 0 Å². The average molecular weight is 226 g/mol. The number of halogens is 1. The highest BCUT2D eigenvalue weighted by molar-refractivity contribution is 6.29. The summed E-state index contributed by atoms with van der Waals surface area (Å²) in [5.41, 5.74) is 0.318. The first-order chi connectivity index (χ1) is 7.25. The summed E-state index contributed by atoms with van der Waals surface area (Å²) in [7, 11) is 0. The van der Waals surface area contributed by atoms with Crippen molar-refractivity contribution in [1.82, 2.24) is 15.3 Å². The molecule has 1 N–H and O–H groups in total. The van der Waals surface area contributed by atoms with Crippen molar-refractivity contribution in [3.05, 3.63) is 23.2 Å². The molecule has 1 amide bonds. The van der Waals surface area contributed by atoms with Crippen LogP contribution in [0.4, 0.5) is 0 Å². The number of carbonyl (C=O) groups excluding carboxylic acids is 1. The number of aromatic nitrogens is 2. The van der Waals surface area contributed by atoms with Gasteiger partial charge in [0.05, 0.1) is 12.4 Å². The second-order valence-electron chi connectivity index (χ2n) is 3.73. The molecular weight excluding hydrogens is 214 g/mol. The fraction of sp³-hybridized carbons (Fsp3) is 0.500. The zero-order chi connectivity index (χ0) is 10.7. The molecule has 0 spiro atoms. The molecule has 1 aromatic rings. The smallest absolute Gasteiger partial charge is 0.271 e. The highest BCUT2D eigenvalue weighted by Gasteiger charge is 2.18. The summed E-state index contributed by atoms with van der Waals surface area (Å²) in [5, 5.41) is 3.13. The summed E-state index contributed by atoms with van der Waals surface area (Å²) in [6.07, 6.45) is 6.47. The third-order valence-corrected chi connectivity index (χ3v) is 2.82. The molecule has 1 aromatic heterocycles. The zero-order valence-corrected chi connectivity index (χ0v) is 9.00. The van der Waals surface area contributed by atoms with Crippen molar-refractivity contribution in [3.63, 3.8) is 0 Å². The maximum atomic E-state index is 11.5. The molecule has 0 unspecified atom stereocenters. The standard InChI is InChI=1S/C10H12ClN3O/c11-9-6-12-8(5-13-9)10(15)14-4-7-2-1-3-7/h5-7H,1-4H2,(H,14,15). The molecule has 1 aliphatic rings. The lowest BCUT2D eigenvalue weighted by molar-refractivity contribution is 0.0933. The van der Waals surface area contributed by atoms with Crippen molar-refractivity contribution in [2.24, 2.45) is 5.92 Å². The SMILES string of the molecule is O=C(NCC1CCC1)c1cnc(Cl)cn1. The van der Waals surface area contributed by atoms with Crippen LogP contribution >= 0.6 is 11.6 Å². The minimum Gasteiger partial charge on any atom is -0.350 e. The van der Waals surface area contributed by atoms with E-state index in [0.717, 1.165) is 6.54 Å². The lowest BCUT2D eigenvalue weighted by Gasteiger charge is -2.25. The summed E-state index contributed by atoms with van der Waals surface area (Å²) >= 11 is 5.57. The molecule has 0 bridgehead atoms. The molecular formula is C10H12ClN3O. The van der Waals surface area contributed by atoms with Crippen LogP contribution in [0.25, 0.3) is 0 Å². The first-order valence-electron chi connectivity index (χ1n) is 5.01. The number of carbonyl (C=O) groups is 1. The normalized spacial score (nSPS) is 15.8. The Hall–Kier alpha value is -1.16. The van der Waals surface area contributed by atoms with Crippen molar-refractivity contribution in [2.45, 2.75) is 19.3 Å². The predicted molar refractivity (Wildman–Crippen MR) is 56.7 cm³/mol. The summed E-state index contributed by atoms with van der Waals surface area (Å²) in [6, 6.07) is 0. The van der Waals surface area contributed by atoms with E-state index in [1.807, 2.05) is 0 Å². The van der Waals surface area contributed by atoms with Crippen molar-refractivity contribution in [1.29, 1.82) is 0 Å². The lowest BCUT2D eigenvalue weighted by Crippen LogP contribution is -2.32. The molecule has 5 heteroatoms. The molecule has 0 aliphatic heterocycles. The number of nitrogens with zero attached hydrogens (tertiary/aromatic N) is 2. The molecule has 0 aromatic carbocycles. The van der Waals surface area contributed by atoms with Crippen LogP contribution in [0.5, 0.6) is 0 Å². The maximum absolute atomic E-state index is 11.5. The minimum absolute atomic E-state index is 0.175. The molecule has 1 heterocycles. The molecule has 1 fully saturated rings. The van der Waals surface area contributed by atoms with Gasteiger partial charge in [-0.3, -0.25) is 4.79 Å². The topological polar surface area (TPSA) is 54.9 Å². The van der Waals surface area contributed by atoms with Crippen molar-refractivity contribution >= 4 is 17.5 Å². The molecule has 0 atom stereocenters. The van der Waals surface area contributed by atoms with Crippen LogP contribution in [0.2, 0.25) is 5.15 Å². The van der Waals surface area contributed by atoms with Crippen molar-refractivity contribution < 1.29 is 4.79 Å². The largest absolute Gasteiger partial charge is 0.350 e. The Balaban J connectivity index is 1.86. The first kappa shape index (κ1) is 10.4. The van der Waals surface area contributed by atoms with Crippen LogP contribution in [-0.4, -0.2) is 22.4 Å². The molecule has 15 heavy (non-hydrogen) atoms. The van der Waals surface area contributed by atoms with Gasteiger partial charge in [-0.05, 0) is 18.8 Å². The lowest BCUT2D eigenvalue weighted by atomic mass is 9.85. The summed E-state index contributed by atoms with van der Waals surface area (Å²) in [5.74, 6) is 0.472. The van der Waals surface area contributed by atoms with Gasteiger partial charge in [0, 0.05) is 6.54 Å². The Morgan fingerprint density at radius 2 is 2.27 bits per heavy atom. The second kappa shape index (κ2) is 4.57. The van der Waals surface area contributed by atoms with Crippen molar-refractivity contribution in [2.75, 3.05) is 6.54 Å². The quantitative estimate of drug-likeness (QED) is 0.851. The minimum atomic E-state index is -0.175. The first-order valence-corrected chi connectivity index (χ1v) is 5.39. The van der Waals surface area contributed by atoms with Gasteiger partial charge < -0.3 is 5.32 Å². The highest BCUT2D eigenvalue weighted by atomic mass is 35.5. The molecule has 80 valence electrons. The fourth-order valence-corrected chi connectivity index (χ4v) is 1.55. The van der Waals surface area contributed by atoms with E-state index >= 15 is 0 Å².